The number of hydrogen-bond acceptors (Lipinski definition) is 3. The smallest absolute Gasteiger partial charge is 0.268 e. The normalized spacial score (nSPS) is 12.1. The molecule has 0 spiro atoms. The molecule has 1 heterocycles. The average molecular weight is 224 g/mol. The summed E-state index contributed by atoms with van der Waals surface area (Å²) in [5, 5.41) is 2.78. The Morgan fingerprint density at radius 2 is 2.31 bits per heavy atom. The molecule has 16 heavy (non-hydrogen) atoms. The lowest BCUT2D eigenvalue weighted by Gasteiger charge is -2.15. The summed E-state index contributed by atoms with van der Waals surface area (Å²) in [5.41, 5.74) is -0.0190. The van der Waals surface area contributed by atoms with Crippen LogP contribution in [0.2, 0.25) is 0 Å². The molecule has 88 valence electrons. The Hall–Kier alpha value is -1.62. The molecule has 2 N–H and O–H groups in total. The van der Waals surface area contributed by atoms with Crippen molar-refractivity contribution in [2.24, 2.45) is 0 Å². The maximum atomic E-state index is 11.7. The number of hydrogen-bond donors (Lipinski definition) is 2. The topological polar surface area (TPSA) is 71.2 Å². The average Bonchev–Trinajstić information content (AvgIpc) is 2.28. The number of rotatable bonds is 5. The van der Waals surface area contributed by atoms with Gasteiger partial charge in [0.05, 0.1) is 12.6 Å². The SMILES string of the molecule is CCC(COC)NC(=O)c1cccc(=O)[nH]1. The van der Waals surface area contributed by atoms with Gasteiger partial charge in [-0.15, -0.1) is 0 Å². The third-order valence-corrected chi connectivity index (χ3v) is 2.21. The van der Waals surface area contributed by atoms with Gasteiger partial charge in [0.25, 0.3) is 5.91 Å². The van der Waals surface area contributed by atoms with Crippen molar-refractivity contribution in [3.8, 4) is 0 Å². The van der Waals surface area contributed by atoms with Crippen molar-refractivity contribution in [2.75, 3.05) is 13.7 Å². The summed E-state index contributed by atoms with van der Waals surface area (Å²) in [6.07, 6.45) is 0.774. The fourth-order valence-corrected chi connectivity index (χ4v) is 1.31. The van der Waals surface area contributed by atoms with Gasteiger partial charge in [0.2, 0.25) is 5.56 Å². The Labute approximate surface area is 93.8 Å². The second kappa shape index (κ2) is 6.07. The summed E-state index contributed by atoms with van der Waals surface area (Å²) >= 11 is 0. The van der Waals surface area contributed by atoms with Crippen molar-refractivity contribution < 1.29 is 9.53 Å². The monoisotopic (exact) mass is 224 g/mol. The number of aromatic amines is 1. The molecule has 1 atom stereocenters. The first kappa shape index (κ1) is 12.4. The van der Waals surface area contributed by atoms with Crippen LogP contribution < -0.4 is 10.9 Å². The summed E-state index contributed by atoms with van der Waals surface area (Å²) in [6.45, 7) is 2.41. The molecule has 0 aromatic carbocycles. The molecular weight excluding hydrogens is 208 g/mol. The van der Waals surface area contributed by atoms with E-state index in [-0.39, 0.29) is 23.2 Å². The third kappa shape index (κ3) is 3.51. The minimum absolute atomic E-state index is 0.0405. The minimum Gasteiger partial charge on any atom is -0.383 e. The first-order valence-corrected chi connectivity index (χ1v) is 5.16. The Bertz CT molecular complexity index is 400. The summed E-state index contributed by atoms with van der Waals surface area (Å²) in [6, 6.07) is 4.44. The molecule has 0 aliphatic heterocycles. The lowest BCUT2D eigenvalue weighted by molar-refractivity contribution is 0.0889. The van der Waals surface area contributed by atoms with E-state index in [1.165, 1.54) is 6.07 Å². The number of amides is 1. The van der Waals surface area contributed by atoms with Gasteiger partial charge in [0.15, 0.2) is 0 Å². The van der Waals surface area contributed by atoms with E-state index in [4.69, 9.17) is 4.74 Å². The zero-order chi connectivity index (χ0) is 12.0. The van der Waals surface area contributed by atoms with Gasteiger partial charge in [-0.2, -0.15) is 0 Å². The molecule has 0 bridgehead atoms. The summed E-state index contributed by atoms with van der Waals surface area (Å²) in [5.74, 6) is -0.290. The number of carbonyl (C=O) groups is 1. The molecular formula is C11H16N2O3. The van der Waals surface area contributed by atoms with Crippen LogP contribution in [0.25, 0.3) is 0 Å². The van der Waals surface area contributed by atoms with Crippen molar-refractivity contribution in [1.82, 2.24) is 10.3 Å². The molecule has 0 aliphatic carbocycles. The standard InChI is InChI=1S/C11H16N2O3/c1-3-8(7-16-2)12-11(15)9-5-4-6-10(14)13-9/h4-6,8H,3,7H2,1-2H3,(H,12,15)(H,13,14). The largest absolute Gasteiger partial charge is 0.383 e. The van der Waals surface area contributed by atoms with Gasteiger partial charge < -0.3 is 15.0 Å². The van der Waals surface area contributed by atoms with Gasteiger partial charge in [-0.25, -0.2) is 0 Å². The molecule has 0 saturated carbocycles. The molecule has 5 nitrogen and oxygen atoms in total. The predicted octanol–water partition coefficient (Wildman–Crippen LogP) is 0.530. The highest BCUT2D eigenvalue weighted by Gasteiger charge is 2.12. The number of pyridine rings is 1. The van der Waals surface area contributed by atoms with Gasteiger partial charge in [-0.05, 0) is 12.5 Å². The first-order chi connectivity index (χ1) is 7.67. The zero-order valence-electron chi connectivity index (χ0n) is 9.45. The summed E-state index contributed by atoms with van der Waals surface area (Å²) < 4.78 is 4.97. The van der Waals surface area contributed by atoms with Gasteiger partial charge in [-0.1, -0.05) is 13.0 Å². The maximum absolute atomic E-state index is 11.7. The van der Waals surface area contributed by atoms with Gasteiger partial charge in [0, 0.05) is 13.2 Å². The highest BCUT2D eigenvalue weighted by Crippen LogP contribution is 1.95. The first-order valence-electron chi connectivity index (χ1n) is 5.16. The summed E-state index contributed by atoms with van der Waals surface area (Å²) in [4.78, 5) is 25.2. The van der Waals surface area contributed by atoms with E-state index >= 15 is 0 Å². The Morgan fingerprint density at radius 1 is 1.56 bits per heavy atom. The van der Waals surface area contributed by atoms with Crippen molar-refractivity contribution in [2.45, 2.75) is 19.4 Å². The van der Waals surface area contributed by atoms with Crippen LogP contribution >= 0.6 is 0 Å². The quantitative estimate of drug-likeness (QED) is 0.766. The van der Waals surface area contributed by atoms with E-state index in [0.717, 1.165) is 6.42 Å². The van der Waals surface area contributed by atoms with Crippen molar-refractivity contribution in [3.05, 3.63) is 34.2 Å². The Morgan fingerprint density at radius 3 is 2.88 bits per heavy atom. The molecule has 5 heteroatoms. The molecule has 1 amide bonds. The Kier molecular flexibility index (Phi) is 4.72. The van der Waals surface area contributed by atoms with Crippen LogP contribution in [0, 0.1) is 0 Å². The van der Waals surface area contributed by atoms with E-state index in [1.807, 2.05) is 6.92 Å². The summed E-state index contributed by atoms with van der Waals surface area (Å²) in [7, 11) is 1.58. The van der Waals surface area contributed by atoms with Crippen LogP contribution in [0.15, 0.2) is 23.0 Å². The zero-order valence-corrected chi connectivity index (χ0v) is 9.45. The maximum Gasteiger partial charge on any atom is 0.268 e. The third-order valence-electron chi connectivity index (χ3n) is 2.21. The molecule has 1 aromatic heterocycles. The number of H-pyrrole nitrogens is 1. The molecule has 0 aliphatic rings. The highest BCUT2D eigenvalue weighted by atomic mass is 16.5. The van der Waals surface area contributed by atoms with Crippen LogP contribution in [-0.2, 0) is 4.74 Å². The highest BCUT2D eigenvalue weighted by molar-refractivity contribution is 5.92. The second-order valence-corrected chi connectivity index (χ2v) is 3.46. The van der Waals surface area contributed by atoms with E-state index in [1.54, 1.807) is 19.2 Å². The number of nitrogens with one attached hydrogen (secondary N) is 2. The number of carbonyl (C=O) groups excluding carboxylic acids is 1. The Balaban J connectivity index is 2.67. The molecule has 1 rings (SSSR count). The second-order valence-electron chi connectivity index (χ2n) is 3.46. The molecule has 1 unspecified atom stereocenters. The van der Waals surface area contributed by atoms with Crippen molar-refractivity contribution >= 4 is 5.91 Å². The van der Waals surface area contributed by atoms with Gasteiger partial charge >= 0.3 is 0 Å². The number of ether oxygens (including phenoxy) is 1. The molecule has 1 aromatic rings. The van der Waals surface area contributed by atoms with Crippen LogP contribution in [0.3, 0.4) is 0 Å². The molecule has 0 radical (unpaired) electrons. The van der Waals surface area contributed by atoms with Crippen LogP contribution in [0.1, 0.15) is 23.8 Å². The molecule has 0 fully saturated rings. The van der Waals surface area contributed by atoms with E-state index in [2.05, 4.69) is 10.3 Å². The fourth-order valence-electron chi connectivity index (χ4n) is 1.31. The predicted molar refractivity (Wildman–Crippen MR) is 60.5 cm³/mol. The van der Waals surface area contributed by atoms with Crippen molar-refractivity contribution in [1.29, 1.82) is 0 Å². The van der Waals surface area contributed by atoms with Crippen LogP contribution in [0.5, 0.6) is 0 Å². The van der Waals surface area contributed by atoms with Gasteiger partial charge in [0.1, 0.15) is 5.69 Å². The van der Waals surface area contributed by atoms with E-state index in [9.17, 15) is 9.59 Å². The van der Waals surface area contributed by atoms with E-state index < -0.39 is 0 Å². The minimum atomic E-state index is -0.290. The number of aromatic nitrogens is 1. The van der Waals surface area contributed by atoms with E-state index in [0.29, 0.717) is 6.61 Å². The van der Waals surface area contributed by atoms with Crippen molar-refractivity contribution in [3.63, 3.8) is 0 Å². The lowest BCUT2D eigenvalue weighted by atomic mass is 10.2. The van der Waals surface area contributed by atoms with Gasteiger partial charge in [-0.3, -0.25) is 9.59 Å². The molecule has 0 saturated heterocycles. The fraction of sp³-hybridized carbons (Fsp3) is 0.455. The lowest BCUT2D eigenvalue weighted by Crippen LogP contribution is -2.38. The van der Waals surface area contributed by atoms with Crippen LogP contribution in [0.4, 0.5) is 0 Å². The number of methoxy groups -OCH3 is 1. The van der Waals surface area contributed by atoms with Crippen LogP contribution in [-0.4, -0.2) is 30.6 Å².